The van der Waals surface area contributed by atoms with Crippen LogP contribution in [0.25, 0.3) is 0 Å². The van der Waals surface area contributed by atoms with Gasteiger partial charge in [0.15, 0.2) is 0 Å². The van der Waals surface area contributed by atoms with Crippen molar-refractivity contribution in [2.45, 2.75) is 39.0 Å². The molecule has 3 N–H and O–H groups in total. The molecule has 0 spiro atoms. The summed E-state index contributed by atoms with van der Waals surface area (Å²) in [7, 11) is 0. The molecule has 2 rings (SSSR count). The normalized spacial score (nSPS) is 10.6. The number of aryl methyl sites for hydroxylation is 1. The van der Waals surface area contributed by atoms with Crippen molar-refractivity contribution in [2.75, 3.05) is 11.9 Å². The second-order valence-electron chi connectivity index (χ2n) is 5.95. The molecule has 0 aliphatic rings. The second-order valence-corrected chi connectivity index (χ2v) is 5.95. The van der Waals surface area contributed by atoms with E-state index >= 15 is 0 Å². The minimum atomic E-state index is -0.189. The fraction of sp³-hybridized carbons (Fsp3) is 0.389. The predicted molar refractivity (Wildman–Crippen MR) is 96.2 cm³/mol. The molecule has 24 heavy (non-hydrogen) atoms. The van der Waals surface area contributed by atoms with Crippen LogP contribution in [0.15, 0.2) is 37.2 Å². The van der Waals surface area contributed by atoms with Crippen LogP contribution in [0.1, 0.15) is 43.1 Å². The second kappa shape index (κ2) is 8.86. The summed E-state index contributed by atoms with van der Waals surface area (Å²) >= 11 is 0. The van der Waals surface area contributed by atoms with Crippen LogP contribution in [0.4, 0.5) is 10.5 Å². The van der Waals surface area contributed by atoms with Gasteiger partial charge in [0.2, 0.25) is 0 Å². The number of carbonyl (C=O) groups excluding carboxylic acids is 1. The molecule has 6 heteroatoms. The summed E-state index contributed by atoms with van der Waals surface area (Å²) in [6.07, 6.45) is 5.61. The molecule has 2 amide bonds. The summed E-state index contributed by atoms with van der Waals surface area (Å²) in [5, 5.41) is 12.5. The molecule has 1 heterocycles. The molecule has 0 fully saturated rings. The van der Waals surface area contributed by atoms with E-state index in [0.29, 0.717) is 12.5 Å². The fourth-order valence-corrected chi connectivity index (χ4v) is 2.55. The first-order valence-electron chi connectivity index (χ1n) is 8.23. The molecule has 0 saturated heterocycles. The van der Waals surface area contributed by atoms with Gasteiger partial charge in [-0.3, -0.25) is 5.10 Å². The zero-order valence-corrected chi connectivity index (χ0v) is 14.3. The van der Waals surface area contributed by atoms with Crippen LogP contribution in [0.5, 0.6) is 0 Å². The first-order valence-corrected chi connectivity index (χ1v) is 8.23. The van der Waals surface area contributed by atoms with Gasteiger partial charge in [-0.1, -0.05) is 38.1 Å². The maximum Gasteiger partial charge on any atom is 0.319 e. The minimum Gasteiger partial charge on any atom is -0.338 e. The van der Waals surface area contributed by atoms with Gasteiger partial charge in [0.05, 0.1) is 0 Å². The van der Waals surface area contributed by atoms with E-state index in [1.807, 2.05) is 18.2 Å². The quantitative estimate of drug-likeness (QED) is 0.513. The van der Waals surface area contributed by atoms with Crippen molar-refractivity contribution in [3.63, 3.8) is 0 Å². The predicted octanol–water partition coefficient (Wildman–Crippen LogP) is 3.41. The molecule has 0 atom stereocenters. The summed E-state index contributed by atoms with van der Waals surface area (Å²) < 4.78 is 0. The molecule has 1 aromatic heterocycles. The van der Waals surface area contributed by atoms with Crippen LogP contribution in [0, 0.1) is 0 Å². The Morgan fingerprint density at radius 1 is 1.42 bits per heavy atom. The topological polar surface area (TPSA) is 82.7 Å². The summed E-state index contributed by atoms with van der Waals surface area (Å²) in [5.74, 6) is 1.16. The van der Waals surface area contributed by atoms with Crippen molar-refractivity contribution in [3.05, 3.63) is 54.1 Å². The molecule has 0 unspecified atom stereocenters. The maximum absolute atomic E-state index is 12.2. The van der Waals surface area contributed by atoms with Crippen LogP contribution in [0.3, 0.4) is 0 Å². The van der Waals surface area contributed by atoms with Crippen molar-refractivity contribution < 1.29 is 4.79 Å². The highest BCUT2D eigenvalue weighted by atomic mass is 16.2. The van der Waals surface area contributed by atoms with Crippen LogP contribution < -0.4 is 10.6 Å². The molecule has 0 radical (unpaired) electrons. The summed E-state index contributed by atoms with van der Waals surface area (Å²) in [6, 6.07) is 5.91. The van der Waals surface area contributed by atoms with Crippen LogP contribution >= 0.6 is 0 Å². The Kier molecular flexibility index (Phi) is 6.54. The van der Waals surface area contributed by atoms with Gasteiger partial charge in [0.1, 0.15) is 12.2 Å². The highest BCUT2D eigenvalue weighted by molar-refractivity contribution is 5.91. The number of benzene rings is 1. The molecule has 128 valence electrons. The van der Waals surface area contributed by atoms with E-state index in [9.17, 15) is 4.79 Å². The fourth-order valence-electron chi connectivity index (χ4n) is 2.55. The molecule has 0 aliphatic heterocycles. The Bertz CT molecular complexity index is 664. The average Bonchev–Trinajstić information content (AvgIpc) is 3.06. The monoisotopic (exact) mass is 327 g/mol. The molecule has 6 nitrogen and oxygen atoms in total. The van der Waals surface area contributed by atoms with Gasteiger partial charge in [-0.2, -0.15) is 5.10 Å². The molecule has 2 aromatic rings. The van der Waals surface area contributed by atoms with Gasteiger partial charge in [-0.05, 0) is 29.9 Å². The number of anilines is 1. The van der Waals surface area contributed by atoms with Crippen molar-refractivity contribution >= 4 is 11.7 Å². The Balaban J connectivity index is 1.93. The standard InChI is InChI=1S/C18H25N5O/c1-4-7-14-8-5-9-15(13(2)3)17(14)22-18(24)19-11-6-10-16-20-12-21-23-16/h4-5,8-9,12-13H,1,6-7,10-11H2,2-3H3,(H2,19,22,24)(H,20,21,23). The lowest BCUT2D eigenvalue weighted by Gasteiger charge is -2.18. The Morgan fingerprint density at radius 2 is 2.25 bits per heavy atom. The summed E-state index contributed by atoms with van der Waals surface area (Å²) in [6.45, 7) is 8.61. The number of aromatic amines is 1. The van der Waals surface area contributed by atoms with E-state index in [0.717, 1.165) is 41.9 Å². The number of nitrogens with one attached hydrogen (secondary N) is 3. The van der Waals surface area contributed by atoms with Crippen molar-refractivity contribution in [3.8, 4) is 0 Å². The van der Waals surface area contributed by atoms with E-state index < -0.39 is 0 Å². The van der Waals surface area contributed by atoms with E-state index in [1.54, 1.807) is 0 Å². The molecule has 0 aliphatic carbocycles. The SMILES string of the molecule is C=CCc1cccc(C(C)C)c1NC(=O)NCCCc1ncn[nH]1. The number of hydrogen-bond donors (Lipinski definition) is 3. The summed E-state index contributed by atoms with van der Waals surface area (Å²) in [5.41, 5.74) is 3.10. The Hall–Kier alpha value is -2.63. The van der Waals surface area contributed by atoms with Crippen molar-refractivity contribution in [2.24, 2.45) is 0 Å². The number of H-pyrrole nitrogens is 1. The third-order valence-corrected chi connectivity index (χ3v) is 3.75. The number of carbonyl (C=O) groups is 1. The smallest absolute Gasteiger partial charge is 0.319 e. The van der Waals surface area contributed by atoms with E-state index in [1.165, 1.54) is 6.33 Å². The highest BCUT2D eigenvalue weighted by Gasteiger charge is 2.13. The number of amides is 2. The lowest BCUT2D eigenvalue weighted by Crippen LogP contribution is -2.30. The first-order chi connectivity index (χ1) is 11.6. The molecule has 0 saturated carbocycles. The minimum absolute atomic E-state index is 0.189. The van der Waals surface area contributed by atoms with Gasteiger partial charge in [-0.25, -0.2) is 9.78 Å². The van der Waals surface area contributed by atoms with Gasteiger partial charge in [0, 0.05) is 18.7 Å². The molecule has 1 aromatic carbocycles. The van der Waals surface area contributed by atoms with Crippen molar-refractivity contribution in [1.29, 1.82) is 0 Å². The van der Waals surface area contributed by atoms with E-state index in [4.69, 9.17) is 0 Å². The van der Waals surface area contributed by atoms with Crippen LogP contribution in [-0.2, 0) is 12.8 Å². The number of nitrogens with zero attached hydrogens (tertiary/aromatic N) is 2. The maximum atomic E-state index is 12.2. The molecular weight excluding hydrogens is 302 g/mol. The number of para-hydroxylation sites is 1. The zero-order valence-electron chi connectivity index (χ0n) is 14.3. The molecular formula is C18H25N5O. The highest BCUT2D eigenvalue weighted by Crippen LogP contribution is 2.28. The Labute approximate surface area is 142 Å². The summed E-state index contributed by atoms with van der Waals surface area (Å²) in [4.78, 5) is 16.3. The number of hydrogen-bond acceptors (Lipinski definition) is 3. The number of rotatable bonds is 8. The van der Waals surface area contributed by atoms with Crippen LogP contribution in [0.2, 0.25) is 0 Å². The largest absolute Gasteiger partial charge is 0.338 e. The third-order valence-electron chi connectivity index (χ3n) is 3.75. The molecule has 0 bridgehead atoms. The Morgan fingerprint density at radius 3 is 2.92 bits per heavy atom. The lowest BCUT2D eigenvalue weighted by molar-refractivity contribution is 0.252. The van der Waals surface area contributed by atoms with E-state index in [-0.39, 0.29) is 6.03 Å². The van der Waals surface area contributed by atoms with Crippen molar-refractivity contribution in [1.82, 2.24) is 20.5 Å². The third kappa shape index (κ3) is 4.94. The van der Waals surface area contributed by atoms with Gasteiger partial charge < -0.3 is 10.6 Å². The number of aromatic nitrogens is 3. The van der Waals surface area contributed by atoms with Gasteiger partial charge >= 0.3 is 6.03 Å². The van der Waals surface area contributed by atoms with Crippen LogP contribution in [-0.4, -0.2) is 27.8 Å². The number of allylic oxidation sites excluding steroid dienone is 1. The lowest BCUT2D eigenvalue weighted by atomic mass is 9.96. The number of urea groups is 1. The zero-order chi connectivity index (χ0) is 17.4. The van der Waals surface area contributed by atoms with E-state index in [2.05, 4.69) is 52.3 Å². The van der Waals surface area contributed by atoms with Gasteiger partial charge in [0.25, 0.3) is 0 Å². The van der Waals surface area contributed by atoms with Gasteiger partial charge in [-0.15, -0.1) is 6.58 Å². The average molecular weight is 327 g/mol. The first kappa shape index (κ1) is 17.7.